The molecular formula is C26H28N2O5. The molecule has 2 aromatic carbocycles. The topological polar surface area (TPSA) is 105 Å². The molecule has 0 aromatic heterocycles. The smallest absolute Gasteiger partial charge is 0.407 e. The molecule has 3 N–H and O–H groups in total. The van der Waals surface area contributed by atoms with Crippen molar-refractivity contribution in [3.05, 3.63) is 71.8 Å². The van der Waals surface area contributed by atoms with Crippen LogP contribution in [0.3, 0.4) is 0 Å². The largest absolute Gasteiger partial charge is 0.480 e. The van der Waals surface area contributed by atoms with Crippen LogP contribution in [0.1, 0.15) is 43.2 Å². The summed E-state index contributed by atoms with van der Waals surface area (Å²) in [6, 6.07) is 15.0. The summed E-state index contributed by atoms with van der Waals surface area (Å²) >= 11 is 0. The van der Waals surface area contributed by atoms with Crippen LogP contribution in [-0.2, 0) is 14.3 Å². The number of aliphatic carboxylic acids is 1. The van der Waals surface area contributed by atoms with E-state index >= 15 is 0 Å². The maximum absolute atomic E-state index is 12.5. The number of carbonyl (C=O) groups excluding carboxylic acids is 2. The van der Waals surface area contributed by atoms with E-state index in [4.69, 9.17) is 9.84 Å². The third-order valence-electron chi connectivity index (χ3n) is 6.37. The molecule has 2 unspecified atom stereocenters. The van der Waals surface area contributed by atoms with Crippen molar-refractivity contribution >= 4 is 18.0 Å². The van der Waals surface area contributed by atoms with Gasteiger partial charge >= 0.3 is 12.1 Å². The first-order valence-electron chi connectivity index (χ1n) is 11.3. The lowest BCUT2D eigenvalue weighted by Crippen LogP contribution is -2.46. The van der Waals surface area contributed by atoms with Gasteiger partial charge in [0, 0.05) is 11.8 Å². The predicted octanol–water partition coefficient (Wildman–Crippen LogP) is 3.84. The number of carboxylic acid groups (broad SMARTS) is 1. The third-order valence-corrected chi connectivity index (χ3v) is 6.37. The van der Waals surface area contributed by atoms with Crippen molar-refractivity contribution < 1.29 is 24.2 Å². The van der Waals surface area contributed by atoms with Crippen LogP contribution in [-0.4, -0.2) is 41.8 Å². The summed E-state index contributed by atoms with van der Waals surface area (Å²) in [6.07, 6.45) is 4.35. The van der Waals surface area contributed by atoms with Gasteiger partial charge in [-0.1, -0.05) is 67.6 Å². The standard InChI is InChI=1S/C26H28N2O5/c1-2-23(25(30)31)28-24(29)16-8-7-9-17(14-16)27-26(32)33-15-22-20-12-5-3-10-18(20)19-11-4-6-13-21(19)22/h3-7,9-13,16-17,22-23H,2,8,14-15H2,1H3,(H,27,32)(H,28,29)(H,30,31)/t16?,17?,23-/m1/s1. The average Bonchev–Trinajstić information content (AvgIpc) is 3.14. The molecule has 0 saturated carbocycles. The zero-order valence-electron chi connectivity index (χ0n) is 18.5. The molecule has 7 nitrogen and oxygen atoms in total. The quantitative estimate of drug-likeness (QED) is 0.558. The van der Waals surface area contributed by atoms with Crippen molar-refractivity contribution in [1.82, 2.24) is 10.6 Å². The van der Waals surface area contributed by atoms with Gasteiger partial charge in [0.05, 0.1) is 6.04 Å². The highest BCUT2D eigenvalue weighted by Gasteiger charge is 2.31. The molecule has 172 valence electrons. The van der Waals surface area contributed by atoms with Gasteiger partial charge in [0.15, 0.2) is 0 Å². The van der Waals surface area contributed by atoms with E-state index in [1.165, 1.54) is 0 Å². The molecule has 3 atom stereocenters. The van der Waals surface area contributed by atoms with Crippen molar-refractivity contribution in [2.75, 3.05) is 6.61 Å². The van der Waals surface area contributed by atoms with Crippen molar-refractivity contribution in [2.45, 2.75) is 44.2 Å². The van der Waals surface area contributed by atoms with Gasteiger partial charge in [0.1, 0.15) is 12.6 Å². The molecule has 0 radical (unpaired) electrons. The number of carboxylic acids is 1. The maximum Gasteiger partial charge on any atom is 0.407 e. The van der Waals surface area contributed by atoms with Gasteiger partial charge < -0.3 is 20.5 Å². The lowest BCUT2D eigenvalue weighted by Gasteiger charge is -2.26. The minimum Gasteiger partial charge on any atom is -0.480 e. The van der Waals surface area contributed by atoms with Crippen molar-refractivity contribution in [3.63, 3.8) is 0 Å². The van der Waals surface area contributed by atoms with Crippen LogP contribution < -0.4 is 10.6 Å². The maximum atomic E-state index is 12.5. The van der Waals surface area contributed by atoms with Crippen LogP contribution in [0.5, 0.6) is 0 Å². The summed E-state index contributed by atoms with van der Waals surface area (Å²) in [5.74, 6) is -1.79. The van der Waals surface area contributed by atoms with Gasteiger partial charge in [0.25, 0.3) is 0 Å². The van der Waals surface area contributed by atoms with E-state index in [9.17, 15) is 14.4 Å². The van der Waals surface area contributed by atoms with E-state index in [-0.39, 0.29) is 24.5 Å². The highest BCUT2D eigenvalue weighted by molar-refractivity contribution is 5.85. The first kappa shape index (κ1) is 22.6. The fraction of sp³-hybridized carbons (Fsp3) is 0.346. The number of fused-ring (bicyclic) bond motifs is 3. The highest BCUT2D eigenvalue weighted by atomic mass is 16.5. The highest BCUT2D eigenvalue weighted by Crippen LogP contribution is 2.44. The Morgan fingerprint density at radius 2 is 1.70 bits per heavy atom. The number of ether oxygens (including phenoxy) is 1. The van der Waals surface area contributed by atoms with E-state index in [1.54, 1.807) is 6.92 Å². The first-order valence-corrected chi connectivity index (χ1v) is 11.3. The molecule has 7 heteroatoms. The summed E-state index contributed by atoms with van der Waals surface area (Å²) in [4.78, 5) is 36.2. The van der Waals surface area contributed by atoms with Crippen LogP contribution in [0, 0.1) is 5.92 Å². The Labute approximate surface area is 192 Å². The Hall–Kier alpha value is -3.61. The Kier molecular flexibility index (Phi) is 6.77. The van der Waals surface area contributed by atoms with Crippen molar-refractivity contribution in [3.8, 4) is 11.1 Å². The molecule has 33 heavy (non-hydrogen) atoms. The van der Waals surface area contributed by atoms with E-state index in [0.29, 0.717) is 19.3 Å². The Morgan fingerprint density at radius 3 is 2.30 bits per heavy atom. The van der Waals surface area contributed by atoms with E-state index in [2.05, 4.69) is 34.9 Å². The number of hydrogen-bond donors (Lipinski definition) is 3. The SMILES string of the molecule is CC[C@@H](NC(=O)C1CC=CC(NC(=O)OCC2c3ccccc3-c3ccccc32)C1)C(=O)O. The second-order valence-corrected chi connectivity index (χ2v) is 8.48. The fourth-order valence-electron chi connectivity index (χ4n) is 4.63. The summed E-state index contributed by atoms with van der Waals surface area (Å²) in [7, 11) is 0. The van der Waals surface area contributed by atoms with Gasteiger partial charge in [-0.15, -0.1) is 0 Å². The van der Waals surface area contributed by atoms with Crippen LogP contribution in [0.25, 0.3) is 11.1 Å². The molecule has 0 spiro atoms. The second kappa shape index (κ2) is 9.90. The number of amides is 2. The molecule has 4 rings (SSSR count). The lowest BCUT2D eigenvalue weighted by molar-refractivity contribution is -0.142. The molecule has 0 fully saturated rings. The summed E-state index contributed by atoms with van der Waals surface area (Å²) in [5.41, 5.74) is 4.62. The number of hydrogen-bond acceptors (Lipinski definition) is 4. The molecule has 2 aliphatic carbocycles. The molecule has 0 saturated heterocycles. The number of allylic oxidation sites excluding steroid dienone is 1. The summed E-state index contributed by atoms with van der Waals surface area (Å²) < 4.78 is 5.59. The average molecular weight is 449 g/mol. The summed E-state index contributed by atoms with van der Waals surface area (Å²) in [5, 5.41) is 14.6. The van der Waals surface area contributed by atoms with E-state index < -0.39 is 24.0 Å². The van der Waals surface area contributed by atoms with E-state index in [1.807, 2.05) is 36.4 Å². The van der Waals surface area contributed by atoms with Gasteiger partial charge in [-0.2, -0.15) is 0 Å². The predicted molar refractivity (Wildman–Crippen MR) is 124 cm³/mol. The van der Waals surface area contributed by atoms with Gasteiger partial charge in [0.2, 0.25) is 5.91 Å². The number of benzene rings is 2. The lowest BCUT2D eigenvalue weighted by atomic mass is 9.90. The number of alkyl carbamates (subject to hydrolysis) is 1. The molecule has 2 amide bonds. The summed E-state index contributed by atoms with van der Waals surface area (Å²) in [6.45, 7) is 1.93. The van der Waals surface area contributed by atoms with Crippen LogP contribution in [0.15, 0.2) is 60.7 Å². The second-order valence-electron chi connectivity index (χ2n) is 8.48. The Balaban J connectivity index is 1.33. The fourth-order valence-corrected chi connectivity index (χ4v) is 4.63. The molecule has 0 bridgehead atoms. The van der Waals surface area contributed by atoms with Crippen LogP contribution in [0.2, 0.25) is 0 Å². The normalized spacial score (nSPS) is 19.8. The van der Waals surface area contributed by atoms with Crippen LogP contribution >= 0.6 is 0 Å². The van der Waals surface area contributed by atoms with Crippen LogP contribution in [0.4, 0.5) is 4.79 Å². The molecule has 0 aliphatic heterocycles. The van der Waals surface area contributed by atoms with Gasteiger partial charge in [-0.25, -0.2) is 9.59 Å². The third kappa shape index (κ3) is 4.92. The Bertz CT molecular complexity index is 1030. The molecule has 2 aromatic rings. The monoisotopic (exact) mass is 448 g/mol. The Morgan fingerprint density at radius 1 is 1.06 bits per heavy atom. The minimum atomic E-state index is -1.05. The number of rotatable bonds is 7. The van der Waals surface area contributed by atoms with Gasteiger partial charge in [-0.3, -0.25) is 4.79 Å². The van der Waals surface area contributed by atoms with E-state index in [0.717, 1.165) is 22.3 Å². The minimum absolute atomic E-state index is 0.0226. The zero-order chi connectivity index (χ0) is 23.4. The van der Waals surface area contributed by atoms with Crippen molar-refractivity contribution in [1.29, 1.82) is 0 Å². The molecular weight excluding hydrogens is 420 g/mol. The number of carbonyl (C=O) groups is 3. The molecule has 2 aliphatic rings. The first-order chi connectivity index (χ1) is 16.0. The molecule has 0 heterocycles. The zero-order valence-corrected chi connectivity index (χ0v) is 18.5. The number of nitrogens with one attached hydrogen (secondary N) is 2. The van der Waals surface area contributed by atoms with Crippen molar-refractivity contribution in [2.24, 2.45) is 5.92 Å². The van der Waals surface area contributed by atoms with Gasteiger partial charge in [-0.05, 0) is 41.5 Å².